The molecule has 0 unspecified atom stereocenters. The molecule has 5 heteroatoms. The quantitative estimate of drug-likeness (QED) is 0.486. The standard InChI is InChI=1S/C24H29N3O2/c1-4-5-8-15-27-22(25-23(26-27)17(2)3)16-18-11-13-19(14-12-18)20-9-6-7-10-21(20)24(28)29/h6-7,9-14,17H,4-5,8,15-16H2,1-3H3,(H,28,29). The summed E-state index contributed by atoms with van der Waals surface area (Å²) in [6.07, 6.45) is 4.19. The van der Waals surface area contributed by atoms with Gasteiger partial charge in [0.05, 0.1) is 5.56 Å². The van der Waals surface area contributed by atoms with Gasteiger partial charge in [-0.2, -0.15) is 5.10 Å². The Hall–Kier alpha value is -2.95. The van der Waals surface area contributed by atoms with Crippen molar-refractivity contribution < 1.29 is 9.90 Å². The molecule has 3 rings (SSSR count). The van der Waals surface area contributed by atoms with Gasteiger partial charge in [0, 0.05) is 18.9 Å². The highest BCUT2D eigenvalue weighted by Crippen LogP contribution is 2.25. The maximum Gasteiger partial charge on any atom is 0.336 e. The summed E-state index contributed by atoms with van der Waals surface area (Å²) < 4.78 is 2.05. The highest BCUT2D eigenvalue weighted by atomic mass is 16.4. The van der Waals surface area contributed by atoms with Crippen LogP contribution in [0.3, 0.4) is 0 Å². The molecule has 1 N–H and O–H groups in total. The molecule has 0 saturated heterocycles. The number of benzene rings is 2. The van der Waals surface area contributed by atoms with Gasteiger partial charge < -0.3 is 5.11 Å². The van der Waals surface area contributed by atoms with Crippen molar-refractivity contribution in [2.75, 3.05) is 0 Å². The van der Waals surface area contributed by atoms with Crippen LogP contribution in [0.4, 0.5) is 0 Å². The first-order chi connectivity index (χ1) is 14.0. The van der Waals surface area contributed by atoms with Gasteiger partial charge in [-0.3, -0.25) is 0 Å². The third-order valence-corrected chi connectivity index (χ3v) is 5.04. The molecular weight excluding hydrogens is 362 g/mol. The van der Waals surface area contributed by atoms with E-state index in [0.29, 0.717) is 17.9 Å². The monoisotopic (exact) mass is 391 g/mol. The third-order valence-electron chi connectivity index (χ3n) is 5.04. The fourth-order valence-corrected chi connectivity index (χ4v) is 3.37. The van der Waals surface area contributed by atoms with Gasteiger partial charge in [0.2, 0.25) is 0 Å². The van der Waals surface area contributed by atoms with E-state index < -0.39 is 5.97 Å². The minimum absolute atomic E-state index is 0.302. The minimum atomic E-state index is -0.911. The number of aromatic carboxylic acids is 1. The molecule has 29 heavy (non-hydrogen) atoms. The van der Waals surface area contributed by atoms with Gasteiger partial charge >= 0.3 is 5.97 Å². The fourth-order valence-electron chi connectivity index (χ4n) is 3.37. The molecular formula is C24H29N3O2. The Labute approximate surface area is 172 Å². The number of aryl methyl sites for hydroxylation is 1. The van der Waals surface area contributed by atoms with Gasteiger partial charge in [0.15, 0.2) is 5.82 Å². The van der Waals surface area contributed by atoms with Crippen LogP contribution < -0.4 is 0 Å². The highest BCUT2D eigenvalue weighted by Gasteiger charge is 2.14. The SMILES string of the molecule is CCCCCn1nc(C(C)C)nc1Cc1ccc(-c2ccccc2C(=O)O)cc1. The molecule has 0 aliphatic rings. The van der Waals surface area contributed by atoms with E-state index >= 15 is 0 Å². The second kappa shape index (κ2) is 9.50. The average molecular weight is 392 g/mol. The molecule has 152 valence electrons. The summed E-state index contributed by atoms with van der Waals surface area (Å²) in [5.41, 5.74) is 3.09. The number of unbranched alkanes of at least 4 members (excludes halogenated alkanes) is 2. The van der Waals surface area contributed by atoms with Crippen LogP contribution in [0.25, 0.3) is 11.1 Å². The van der Waals surface area contributed by atoms with E-state index in [9.17, 15) is 9.90 Å². The predicted molar refractivity (Wildman–Crippen MR) is 115 cm³/mol. The number of nitrogens with zero attached hydrogens (tertiary/aromatic N) is 3. The van der Waals surface area contributed by atoms with Gasteiger partial charge in [0.1, 0.15) is 5.82 Å². The second-order valence-corrected chi connectivity index (χ2v) is 7.70. The Morgan fingerprint density at radius 1 is 1.07 bits per heavy atom. The van der Waals surface area contributed by atoms with Gasteiger partial charge in [-0.1, -0.05) is 76.1 Å². The van der Waals surface area contributed by atoms with Crippen molar-refractivity contribution in [3.63, 3.8) is 0 Å². The lowest BCUT2D eigenvalue weighted by Crippen LogP contribution is -2.07. The molecule has 0 spiro atoms. The topological polar surface area (TPSA) is 68.0 Å². The summed E-state index contributed by atoms with van der Waals surface area (Å²) >= 11 is 0. The summed E-state index contributed by atoms with van der Waals surface area (Å²) in [7, 11) is 0. The predicted octanol–water partition coefficient (Wildman–Crippen LogP) is 5.55. The van der Waals surface area contributed by atoms with Crippen LogP contribution in [0.2, 0.25) is 0 Å². The van der Waals surface area contributed by atoms with Crippen molar-refractivity contribution in [3.05, 3.63) is 71.3 Å². The largest absolute Gasteiger partial charge is 0.478 e. The Morgan fingerprint density at radius 3 is 2.45 bits per heavy atom. The van der Waals surface area contributed by atoms with E-state index in [4.69, 9.17) is 10.1 Å². The van der Waals surface area contributed by atoms with Crippen molar-refractivity contribution in [1.82, 2.24) is 14.8 Å². The molecule has 0 atom stereocenters. The molecule has 0 radical (unpaired) electrons. The summed E-state index contributed by atoms with van der Waals surface area (Å²) in [6.45, 7) is 7.33. The van der Waals surface area contributed by atoms with Gasteiger partial charge in [-0.05, 0) is 29.2 Å². The van der Waals surface area contributed by atoms with Crippen LogP contribution in [-0.4, -0.2) is 25.8 Å². The van der Waals surface area contributed by atoms with E-state index in [-0.39, 0.29) is 0 Å². The van der Waals surface area contributed by atoms with Crippen LogP contribution in [0, 0.1) is 0 Å². The Morgan fingerprint density at radius 2 is 1.79 bits per heavy atom. The third kappa shape index (κ3) is 5.11. The number of aromatic nitrogens is 3. The molecule has 0 fully saturated rings. The van der Waals surface area contributed by atoms with Gasteiger partial charge in [-0.25, -0.2) is 14.5 Å². The maximum atomic E-state index is 11.5. The lowest BCUT2D eigenvalue weighted by molar-refractivity contribution is 0.0697. The average Bonchev–Trinajstić information content (AvgIpc) is 3.12. The summed E-state index contributed by atoms with van der Waals surface area (Å²) in [4.78, 5) is 16.3. The molecule has 1 heterocycles. The van der Waals surface area contributed by atoms with Crippen molar-refractivity contribution in [2.45, 2.75) is 58.9 Å². The normalized spacial score (nSPS) is 11.2. The molecule has 2 aromatic carbocycles. The van der Waals surface area contributed by atoms with Crippen molar-refractivity contribution in [3.8, 4) is 11.1 Å². The molecule has 0 bridgehead atoms. The Kier molecular flexibility index (Phi) is 6.81. The number of hydrogen-bond donors (Lipinski definition) is 1. The van der Waals surface area contributed by atoms with Crippen LogP contribution in [0.5, 0.6) is 0 Å². The van der Waals surface area contributed by atoms with Gasteiger partial charge in [-0.15, -0.1) is 0 Å². The maximum absolute atomic E-state index is 11.5. The van der Waals surface area contributed by atoms with E-state index in [1.165, 1.54) is 12.8 Å². The number of carbonyl (C=O) groups is 1. The molecule has 0 aliphatic heterocycles. The van der Waals surface area contributed by atoms with Crippen LogP contribution in [0.1, 0.15) is 73.5 Å². The van der Waals surface area contributed by atoms with E-state index in [2.05, 4.69) is 25.5 Å². The van der Waals surface area contributed by atoms with Crippen LogP contribution in [-0.2, 0) is 13.0 Å². The first-order valence-corrected chi connectivity index (χ1v) is 10.3. The van der Waals surface area contributed by atoms with E-state index in [1.807, 2.05) is 36.4 Å². The van der Waals surface area contributed by atoms with Crippen molar-refractivity contribution >= 4 is 5.97 Å². The van der Waals surface area contributed by atoms with E-state index in [0.717, 1.165) is 41.3 Å². The Balaban J connectivity index is 1.82. The number of rotatable bonds is 9. The highest BCUT2D eigenvalue weighted by molar-refractivity contribution is 5.95. The van der Waals surface area contributed by atoms with Crippen molar-refractivity contribution in [2.24, 2.45) is 0 Å². The van der Waals surface area contributed by atoms with Crippen molar-refractivity contribution in [1.29, 1.82) is 0 Å². The molecule has 1 aromatic heterocycles. The summed E-state index contributed by atoms with van der Waals surface area (Å²) in [5.74, 6) is 1.27. The first kappa shape index (κ1) is 20.8. The summed E-state index contributed by atoms with van der Waals surface area (Å²) in [5, 5.41) is 14.1. The zero-order valence-electron chi connectivity index (χ0n) is 17.4. The fraction of sp³-hybridized carbons (Fsp3) is 0.375. The molecule has 0 amide bonds. The summed E-state index contributed by atoms with van der Waals surface area (Å²) in [6, 6.07) is 15.2. The number of hydrogen-bond acceptors (Lipinski definition) is 3. The number of carboxylic acid groups (broad SMARTS) is 1. The Bertz CT molecular complexity index is 959. The zero-order valence-corrected chi connectivity index (χ0v) is 17.4. The molecule has 0 aliphatic carbocycles. The van der Waals surface area contributed by atoms with E-state index in [1.54, 1.807) is 12.1 Å². The zero-order chi connectivity index (χ0) is 20.8. The molecule has 0 saturated carbocycles. The number of carboxylic acids is 1. The lowest BCUT2D eigenvalue weighted by Gasteiger charge is -2.08. The first-order valence-electron chi connectivity index (χ1n) is 10.3. The molecule has 5 nitrogen and oxygen atoms in total. The smallest absolute Gasteiger partial charge is 0.336 e. The minimum Gasteiger partial charge on any atom is -0.478 e. The van der Waals surface area contributed by atoms with Gasteiger partial charge in [0.25, 0.3) is 0 Å². The molecule has 3 aromatic rings. The van der Waals surface area contributed by atoms with Crippen LogP contribution >= 0.6 is 0 Å². The van der Waals surface area contributed by atoms with Crippen LogP contribution in [0.15, 0.2) is 48.5 Å². The lowest BCUT2D eigenvalue weighted by atomic mass is 9.98. The second-order valence-electron chi connectivity index (χ2n) is 7.70.